The standard InChI is InChI=1S/C12H14N2O/c1-14(2)12-11-6-4-3-5-9(11)7-10(8-15)13-12/h3-7,15H,8H2,1-2H3. The van der Waals surface area contributed by atoms with Crippen molar-refractivity contribution in [3.05, 3.63) is 36.0 Å². The summed E-state index contributed by atoms with van der Waals surface area (Å²) in [4.78, 5) is 6.35. The molecule has 0 unspecified atom stereocenters. The van der Waals surface area contributed by atoms with Gasteiger partial charge in [0.05, 0.1) is 12.3 Å². The van der Waals surface area contributed by atoms with E-state index < -0.39 is 0 Å². The Kier molecular flexibility index (Phi) is 2.56. The first-order chi connectivity index (χ1) is 7.22. The van der Waals surface area contributed by atoms with Crippen LogP contribution in [0.15, 0.2) is 30.3 Å². The predicted octanol–water partition coefficient (Wildman–Crippen LogP) is 1.79. The number of anilines is 1. The summed E-state index contributed by atoms with van der Waals surface area (Å²) in [5.74, 6) is 0.900. The molecule has 0 saturated carbocycles. The molecule has 1 aromatic carbocycles. The van der Waals surface area contributed by atoms with Crippen molar-refractivity contribution < 1.29 is 5.11 Å². The smallest absolute Gasteiger partial charge is 0.136 e. The van der Waals surface area contributed by atoms with Crippen molar-refractivity contribution >= 4 is 16.6 Å². The number of pyridine rings is 1. The van der Waals surface area contributed by atoms with Crippen molar-refractivity contribution in [2.24, 2.45) is 0 Å². The highest BCUT2D eigenvalue weighted by atomic mass is 16.3. The highest BCUT2D eigenvalue weighted by Crippen LogP contribution is 2.24. The number of rotatable bonds is 2. The monoisotopic (exact) mass is 202 g/mol. The van der Waals surface area contributed by atoms with Crippen LogP contribution < -0.4 is 4.90 Å². The van der Waals surface area contributed by atoms with E-state index in [1.165, 1.54) is 0 Å². The van der Waals surface area contributed by atoms with E-state index in [0.29, 0.717) is 5.69 Å². The summed E-state index contributed by atoms with van der Waals surface area (Å²) in [6.45, 7) is -0.0221. The molecular weight excluding hydrogens is 188 g/mol. The fourth-order valence-electron chi connectivity index (χ4n) is 1.66. The summed E-state index contributed by atoms with van der Waals surface area (Å²) in [7, 11) is 3.91. The second-order valence-corrected chi connectivity index (χ2v) is 3.71. The highest BCUT2D eigenvalue weighted by molar-refractivity contribution is 5.92. The topological polar surface area (TPSA) is 36.4 Å². The molecule has 1 aromatic heterocycles. The van der Waals surface area contributed by atoms with Gasteiger partial charge >= 0.3 is 0 Å². The van der Waals surface area contributed by atoms with Gasteiger partial charge in [-0.05, 0) is 11.5 Å². The number of hydrogen-bond acceptors (Lipinski definition) is 3. The van der Waals surface area contributed by atoms with Gasteiger partial charge in [-0.2, -0.15) is 0 Å². The molecule has 0 atom stereocenters. The van der Waals surface area contributed by atoms with Crippen LogP contribution in [0.5, 0.6) is 0 Å². The zero-order valence-corrected chi connectivity index (χ0v) is 8.94. The van der Waals surface area contributed by atoms with Crippen LogP contribution in [-0.2, 0) is 6.61 Å². The van der Waals surface area contributed by atoms with Gasteiger partial charge in [-0.3, -0.25) is 0 Å². The van der Waals surface area contributed by atoms with Crippen molar-refractivity contribution in [3.63, 3.8) is 0 Å². The zero-order valence-electron chi connectivity index (χ0n) is 8.94. The van der Waals surface area contributed by atoms with Crippen molar-refractivity contribution in [2.45, 2.75) is 6.61 Å². The third-order valence-corrected chi connectivity index (χ3v) is 2.36. The molecule has 0 spiro atoms. The minimum absolute atomic E-state index is 0.0221. The lowest BCUT2D eigenvalue weighted by molar-refractivity contribution is 0.277. The number of aliphatic hydroxyl groups excluding tert-OH is 1. The van der Waals surface area contributed by atoms with Crippen molar-refractivity contribution in [3.8, 4) is 0 Å². The van der Waals surface area contributed by atoms with Crippen LogP contribution in [0.25, 0.3) is 10.8 Å². The summed E-state index contributed by atoms with van der Waals surface area (Å²) in [5.41, 5.74) is 0.706. The van der Waals surface area contributed by atoms with Gasteiger partial charge in [-0.1, -0.05) is 24.3 Å². The molecule has 3 nitrogen and oxygen atoms in total. The molecule has 0 aliphatic rings. The zero-order chi connectivity index (χ0) is 10.8. The molecule has 78 valence electrons. The summed E-state index contributed by atoms with van der Waals surface area (Å²) in [6.07, 6.45) is 0. The molecule has 2 rings (SSSR count). The molecule has 15 heavy (non-hydrogen) atoms. The largest absolute Gasteiger partial charge is 0.390 e. The fourth-order valence-corrected chi connectivity index (χ4v) is 1.66. The lowest BCUT2D eigenvalue weighted by Crippen LogP contribution is -2.12. The van der Waals surface area contributed by atoms with Crippen LogP contribution >= 0.6 is 0 Å². The Bertz CT molecular complexity index is 480. The van der Waals surface area contributed by atoms with Gasteiger partial charge in [0.2, 0.25) is 0 Å². The number of nitrogens with zero attached hydrogens (tertiary/aromatic N) is 2. The second kappa shape index (κ2) is 3.87. The van der Waals surface area contributed by atoms with E-state index in [0.717, 1.165) is 16.6 Å². The Morgan fingerprint density at radius 1 is 1.27 bits per heavy atom. The average molecular weight is 202 g/mol. The molecule has 0 fully saturated rings. The number of aliphatic hydroxyl groups is 1. The van der Waals surface area contributed by atoms with Crippen LogP contribution in [0.2, 0.25) is 0 Å². The number of hydrogen-bond donors (Lipinski definition) is 1. The van der Waals surface area contributed by atoms with E-state index >= 15 is 0 Å². The third kappa shape index (κ3) is 1.78. The quantitative estimate of drug-likeness (QED) is 0.806. The molecule has 2 aromatic rings. The first kappa shape index (κ1) is 9.93. The molecule has 0 radical (unpaired) electrons. The Morgan fingerprint density at radius 3 is 2.67 bits per heavy atom. The first-order valence-corrected chi connectivity index (χ1v) is 4.89. The number of fused-ring (bicyclic) bond motifs is 1. The van der Waals surface area contributed by atoms with E-state index in [-0.39, 0.29) is 6.61 Å². The van der Waals surface area contributed by atoms with Crippen LogP contribution in [0.4, 0.5) is 5.82 Å². The summed E-state index contributed by atoms with van der Waals surface area (Å²) in [5, 5.41) is 11.3. The van der Waals surface area contributed by atoms with Gasteiger partial charge < -0.3 is 10.0 Å². The van der Waals surface area contributed by atoms with Crippen LogP contribution in [0.3, 0.4) is 0 Å². The molecule has 0 aliphatic heterocycles. The van der Waals surface area contributed by atoms with Crippen LogP contribution in [-0.4, -0.2) is 24.2 Å². The maximum atomic E-state index is 9.12. The van der Waals surface area contributed by atoms with Gasteiger partial charge in [0, 0.05) is 19.5 Å². The van der Waals surface area contributed by atoms with Crippen LogP contribution in [0.1, 0.15) is 5.69 Å². The Hall–Kier alpha value is -1.61. The Balaban J connectivity index is 2.74. The molecular formula is C12H14N2O. The lowest BCUT2D eigenvalue weighted by Gasteiger charge is -2.15. The summed E-state index contributed by atoms with van der Waals surface area (Å²) < 4.78 is 0. The van der Waals surface area contributed by atoms with Gasteiger partial charge in [0.1, 0.15) is 5.82 Å². The summed E-state index contributed by atoms with van der Waals surface area (Å²) in [6, 6.07) is 9.98. The fraction of sp³-hybridized carbons (Fsp3) is 0.250. The van der Waals surface area contributed by atoms with Gasteiger partial charge in [0.15, 0.2) is 0 Å². The van der Waals surface area contributed by atoms with Gasteiger partial charge in [-0.25, -0.2) is 4.98 Å². The van der Waals surface area contributed by atoms with E-state index in [1.807, 2.05) is 49.3 Å². The van der Waals surface area contributed by atoms with Crippen molar-refractivity contribution in [1.82, 2.24) is 4.98 Å². The molecule has 1 N–H and O–H groups in total. The third-order valence-electron chi connectivity index (χ3n) is 2.36. The van der Waals surface area contributed by atoms with E-state index in [9.17, 15) is 0 Å². The highest BCUT2D eigenvalue weighted by Gasteiger charge is 2.06. The van der Waals surface area contributed by atoms with Gasteiger partial charge in [0.25, 0.3) is 0 Å². The molecule has 0 bridgehead atoms. The maximum Gasteiger partial charge on any atom is 0.136 e. The lowest BCUT2D eigenvalue weighted by atomic mass is 10.1. The molecule has 3 heteroatoms. The normalized spacial score (nSPS) is 10.6. The maximum absolute atomic E-state index is 9.12. The number of aromatic nitrogens is 1. The van der Waals surface area contributed by atoms with E-state index in [1.54, 1.807) is 0 Å². The van der Waals surface area contributed by atoms with Crippen LogP contribution in [0, 0.1) is 0 Å². The Labute approximate surface area is 89.0 Å². The van der Waals surface area contributed by atoms with Crippen molar-refractivity contribution in [1.29, 1.82) is 0 Å². The molecule has 1 heterocycles. The van der Waals surface area contributed by atoms with Crippen molar-refractivity contribution in [2.75, 3.05) is 19.0 Å². The van der Waals surface area contributed by atoms with Gasteiger partial charge in [-0.15, -0.1) is 0 Å². The molecule has 0 aliphatic carbocycles. The first-order valence-electron chi connectivity index (χ1n) is 4.89. The molecule has 0 saturated heterocycles. The predicted molar refractivity (Wildman–Crippen MR) is 62.0 cm³/mol. The minimum atomic E-state index is -0.0221. The van der Waals surface area contributed by atoms with E-state index in [2.05, 4.69) is 4.98 Å². The average Bonchev–Trinajstić information content (AvgIpc) is 2.27. The van der Waals surface area contributed by atoms with E-state index in [4.69, 9.17) is 5.11 Å². The second-order valence-electron chi connectivity index (χ2n) is 3.71. The minimum Gasteiger partial charge on any atom is -0.390 e. The molecule has 0 amide bonds. The Morgan fingerprint density at radius 2 is 2.00 bits per heavy atom. The SMILES string of the molecule is CN(C)c1nc(CO)cc2ccccc12. The summed E-state index contributed by atoms with van der Waals surface area (Å²) >= 11 is 0. The number of benzene rings is 1.